The van der Waals surface area contributed by atoms with Gasteiger partial charge in [-0.1, -0.05) is 0 Å². The van der Waals surface area contributed by atoms with Crippen molar-refractivity contribution >= 4 is 29.1 Å². The lowest BCUT2D eigenvalue weighted by Gasteiger charge is -2.07. The van der Waals surface area contributed by atoms with Crippen molar-refractivity contribution in [2.75, 3.05) is 6.79 Å². The summed E-state index contributed by atoms with van der Waals surface area (Å²) >= 11 is 0.908. The molecule has 2 aromatic carbocycles. The molecule has 0 radical (unpaired) electrons. The van der Waals surface area contributed by atoms with Gasteiger partial charge in [-0.05, 0) is 59.8 Å². The zero-order valence-electron chi connectivity index (χ0n) is 15.8. The van der Waals surface area contributed by atoms with Crippen LogP contribution in [0.1, 0.15) is 15.9 Å². The second-order valence-electron chi connectivity index (χ2n) is 6.28. The highest BCUT2D eigenvalue weighted by Crippen LogP contribution is 2.38. The first kappa shape index (κ1) is 20.2. The van der Waals surface area contributed by atoms with Crippen LogP contribution in [0.4, 0.5) is 0 Å². The maximum absolute atomic E-state index is 11.0. The highest BCUT2D eigenvalue weighted by Gasteiger charge is 2.18. The number of nitrogens with zero attached hydrogens (tertiary/aromatic N) is 3. The molecule has 0 amide bonds. The minimum atomic E-state index is -1.07. The molecule has 1 aromatic heterocycles. The van der Waals surface area contributed by atoms with E-state index in [0.717, 1.165) is 21.9 Å². The van der Waals surface area contributed by atoms with E-state index in [1.54, 1.807) is 18.2 Å². The number of thioether (sulfide) groups is 1. The molecule has 158 valence electrons. The molecule has 4 rings (SSSR count). The average molecular weight is 440 g/mol. The molecule has 5 N–H and O–H groups in total. The van der Waals surface area contributed by atoms with E-state index in [9.17, 15) is 15.0 Å². The van der Waals surface area contributed by atoms with E-state index in [0.29, 0.717) is 17.2 Å². The molecule has 0 bridgehead atoms. The molecule has 10 nitrogen and oxygen atoms in total. The van der Waals surface area contributed by atoms with Crippen molar-refractivity contribution in [1.82, 2.24) is 4.57 Å². The Morgan fingerprint density at radius 1 is 1.10 bits per heavy atom. The third kappa shape index (κ3) is 4.26. The molecule has 0 unspecified atom stereocenters. The van der Waals surface area contributed by atoms with Gasteiger partial charge in [0, 0.05) is 6.07 Å². The Bertz CT molecular complexity index is 1200. The SMILES string of the molecule is N/C(=N\N=C\c1ccc2c(c1)OCO2)Sc1cc(O)n(-c2ccc(C(=O)O)cc2)c1O. The van der Waals surface area contributed by atoms with Crippen LogP contribution in [-0.2, 0) is 0 Å². The van der Waals surface area contributed by atoms with E-state index >= 15 is 0 Å². The number of rotatable bonds is 5. The van der Waals surface area contributed by atoms with Gasteiger partial charge >= 0.3 is 5.97 Å². The van der Waals surface area contributed by atoms with Gasteiger partial charge in [0.1, 0.15) is 0 Å². The zero-order chi connectivity index (χ0) is 22.0. The van der Waals surface area contributed by atoms with Crippen LogP contribution >= 0.6 is 11.8 Å². The Labute approximate surface area is 179 Å². The first-order valence-corrected chi connectivity index (χ1v) is 9.65. The van der Waals surface area contributed by atoms with E-state index in [-0.39, 0.29) is 34.2 Å². The Balaban J connectivity index is 1.49. The van der Waals surface area contributed by atoms with Crippen molar-refractivity contribution in [3.63, 3.8) is 0 Å². The van der Waals surface area contributed by atoms with E-state index in [1.807, 2.05) is 0 Å². The van der Waals surface area contributed by atoms with Gasteiger partial charge in [-0.25, -0.2) is 4.79 Å². The normalized spacial score (nSPS) is 13.1. The minimum absolute atomic E-state index is 0.0330. The molecule has 0 spiro atoms. The van der Waals surface area contributed by atoms with Crippen LogP contribution in [0.5, 0.6) is 23.3 Å². The summed E-state index contributed by atoms with van der Waals surface area (Å²) in [5.74, 6) is -0.321. The third-order valence-electron chi connectivity index (χ3n) is 4.27. The van der Waals surface area contributed by atoms with Gasteiger partial charge in [-0.3, -0.25) is 4.57 Å². The summed E-state index contributed by atoms with van der Waals surface area (Å²) in [4.78, 5) is 11.2. The largest absolute Gasteiger partial charge is 0.494 e. The Kier molecular flexibility index (Phi) is 5.41. The van der Waals surface area contributed by atoms with Crippen molar-refractivity contribution in [3.8, 4) is 28.9 Å². The van der Waals surface area contributed by atoms with Crippen molar-refractivity contribution < 1.29 is 29.6 Å². The maximum atomic E-state index is 11.0. The maximum Gasteiger partial charge on any atom is 0.335 e. The fourth-order valence-electron chi connectivity index (χ4n) is 2.83. The summed E-state index contributed by atoms with van der Waals surface area (Å²) < 4.78 is 11.7. The molecule has 31 heavy (non-hydrogen) atoms. The number of aromatic hydroxyl groups is 2. The molecular weight excluding hydrogens is 424 g/mol. The summed E-state index contributed by atoms with van der Waals surface area (Å²) in [5.41, 5.74) is 7.07. The van der Waals surface area contributed by atoms with Crippen LogP contribution in [0.15, 0.2) is 63.6 Å². The standard InChI is InChI=1S/C20H16N4O6S/c21-20(23-22-9-11-1-6-14-15(7-11)30-10-29-14)31-16-8-17(25)24(18(16)26)13-4-2-12(3-5-13)19(27)28/h1-9,25-26H,10H2,(H2,21,23)(H,27,28)/b22-9+. The first-order valence-electron chi connectivity index (χ1n) is 8.84. The van der Waals surface area contributed by atoms with Crippen LogP contribution in [0.25, 0.3) is 5.69 Å². The number of amidine groups is 1. The number of aromatic carboxylic acids is 1. The predicted molar refractivity (Wildman–Crippen MR) is 114 cm³/mol. The van der Waals surface area contributed by atoms with Crippen LogP contribution < -0.4 is 15.2 Å². The van der Waals surface area contributed by atoms with E-state index in [2.05, 4.69) is 10.2 Å². The zero-order valence-corrected chi connectivity index (χ0v) is 16.6. The molecule has 0 saturated carbocycles. The van der Waals surface area contributed by atoms with Crippen molar-refractivity contribution in [3.05, 3.63) is 59.7 Å². The van der Waals surface area contributed by atoms with E-state index in [4.69, 9.17) is 20.3 Å². The van der Waals surface area contributed by atoms with E-state index < -0.39 is 5.97 Å². The predicted octanol–water partition coefficient (Wildman–Crippen LogP) is 2.76. The van der Waals surface area contributed by atoms with Crippen molar-refractivity contribution in [2.45, 2.75) is 4.90 Å². The van der Waals surface area contributed by atoms with Crippen LogP contribution in [0.2, 0.25) is 0 Å². The number of nitrogens with two attached hydrogens (primary N) is 1. The number of fused-ring (bicyclic) bond motifs is 1. The summed E-state index contributed by atoms with van der Waals surface area (Å²) in [7, 11) is 0. The van der Waals surface area contributed by atoms with Gasteiger partial charge in [0.25, 0.3) is 0 Å². The molecule has 0 atom stereocenters. The quantitative estimate of drug-likeness (QED) is 0.205. The number of carboxylic acid groups (broad SMARTS) is 1. The Hall–Kier alpha value is -4.12. The molecule has 2 heterocycles. The fourth-order valence-corrected chi connectivity index (χ4v) is 3.49. The van der Waals surface area contributed by atoms with Crippen molar-refractivity contribution in [1.29, 1.82) is 0 Å². The van der Waals surface area contributed by atoms with Crippen molar-refractivity contribution in [2.24, 2.45) is 15.9 Å². The van der Waals surface area contributed by atoms with Crippen LogP contribution in [0, 0.1) is 0 Å². The van der Waals surface area contributed by atoms with Gasteiger partial charge in [0.05, 0.1) is 22.4 Å². The van der Waals surface area contributed by atoms with Gasteiger partial charge < -0.3 is 30.5 Å². The summed E-state index contributed by atoms with van der Waals surface area (Å²) in [6, 6.07) is 12.3. The summed E-state index contributed by atoms with van der Waals surface area (Å²) in [5, 5.41) is 37.5. The average Bonchev–Trinajstić information content (AvgIpc) is 3.31. The summed E-state index contributed by atoms with van der Waals surface area (Å²) in [6.45, 7) is 0.178. The number of aromatic nitrogens is 1. The third-order valence-corrected chi connectivity index (χ3v) is 5.08. The van der Waals surface area contributed by atoms with Gasteiger partial charge in [0.2, 0.25) is 12.7 Å². The van der Waals surface area contributed by atoms with E-state index in [1.165, 1.54) is 36.5 Å². The second-order valence-corrected chi connectivity index (χ2v) is 7.34. The fraction of sp³-hybridized carbons (Fsp3) is 0.0500. The highest BCUT2D eigenvalue weighted by atomic mass is 32.2. The van der Waals surface area contributed by atoms with Crippen LogP contribution in [-0.4, -0.2) is 44.0 Å². The molecule has 0 saturated heterocycles. The molecule has 1 aliphatic rings. The molecule has 0 fully saturated rings. The second kappa shape index (κ2) is 8.32. The lowest BCUT2D eigenvalue weighted by molar-refractivity contribution is 0.0697. The molecule has 1 aliphatic heterocycles. The number of benzene rings is 2. The lowest BCUT2D eigenvalue weighted by Crippen LogP contribution is -2.05. The molecule has 11 heteroatoms. The first-order chi connectivity index (χ1) is 14.9. The number of hydrogen-bond acceptors (Lipinski definition) is 8. The smallest absolute Gasteiger partial charge is 0.335 e. The molecule has 3 aromatic rings. The topological polar surface area (TPSA) is 152 Å². The molecular formula is C20H16N4O6S. The van der Waals surface area contributed by atoms with Gasteiger partial charge in [-0.15, -0.1) is 5.10 Å². The monoisotopic (exact) mass is 440 g/mol. The molecule has 0 aliphatic carbocycles. The lowest BCUT2D eigenvalue weighted by atomic mass is 10.2. The number of carboxylic acids is 1. The van der Waals surface area contributed by atoms with Crippen LogP contribution in [0.3, 0.4) is 0 Å². The summed E-state index contributed by atoms with van der Waals surface area (Å²) in [6.07, 6.45) is 1.49. The number of hydrogen-bond donors (Lipinski definition) is 4. The van der Waals surface area contributed by atoms with Gasteiger partial charge in [0.15, 0.2) is 22.5 Å². The number of ether oxygens (including phenoxy) is 2. The number of carbonyl (C=O) groups is 1. The Morgan fingerprint density at radius 3 is 2.58 bits per heavy atom. The Morgan fingerprint density at radius 2 is 1.84 bits per heavy atom. The highest BCUT2D eigenvalue weighted by molar-refractivity contribution is 8.13. The van der Waals surface area contributed by atoms with Gasteiger partial charge in [-0.2, -0.15) is 5.10 Å². The minimum Gasteiger partial charge on any atom is -0.494 e.